The minimum atomic E-state index is 0.244. The maximum Gasteiger partial charge on any atom is 0.118 e. The van der Waals surface area contributed by atoms with Gasteiger partial charge in [-0.25, -0.2) is 0 Å². The molecular formula is C11H12O2. The van der Waals surface area contributed by atoms with Gasteiger partial charge in [-0.2, -0.15) is 0 Å². The summed E-state index contributed by atoms with van der Waals surface area (Å²) in [5, 5.41) is 0. The Morgan fingerprint density at radius 2 is 2.08 bits per heavy atom. The average molecular weight is 176 g/mol. The first kappa shape index (κ1) is 8.32. The summed E-state index contributed by atoms with van der Waals surface area (Å²) in [6.45, 7) is 4.79. The molecule has 13 heavy (non-hydrogen) atoms. The quantitative estimate of drug-likeness (QED) is 0.658. The van der Waals surface area contributed by atoms with Crippen LogP contribution >= 0.6 is 0 Å². The zero-order chi connectivity index (χ0) is 9.26. The second-order valence-corrected chi connectivity index (χ2v) is 3.08. The van der Waals surface area contributed by atoms with E-state index in [2.05, 4.69) is 6.58 Å². The van der Waals surface area contributed by atoms with Crippen molar-refractivity contribution < 1.29 is 9.47 Å². The van der Waals surface area contributed by atoms with E-state index >= 15 is 0 Å². The molecule has 1 aromatic carbocycles. The van der Waals surface area contributed by atoms with Gasteiger partial charge in [-0.3, -0.25) is 0 Å². The van der Waals surface area contributed by atoms with E-state index in [9.17, 15) is 0 Å². The number of hydrogen-bond acceptors (Lipinski definition) is 2. The number of hydrogen-bond donors (Lipinski definition) is 0. The number of benzene rings is 1. The van der Waals surface area contributed by atoms with Crippen molar-refractivity contribution in [2.24, 2.45) is 0 Å². The Kier molecular flexibility index (Phi) is 2.07. The summed E-state index contributed by atoms with van der Waals surface area (Å²) in [6.07, 6.45) is 0.244. The molecule has 0 amide bonds. The lowest BCUT2D eigenvalue weighted by atomic mass is 10.1. The van der Waals surface area contributed by atoms with Crippen LogP contribution < -0.4 is 4.74 Å². The maximum absolute atomic E-state index is 5.15. The molecule has 0 saturated carbocycles. The van der Waals surface area contributed by atoms with Crippen LogP contribution in [0.3, 0.4) is 0 Å². The third-order valence-electron chi connectivity index (χ3n) is 2.18. The highest BCUT2D eigenvalue weighted by Crippen LogP contribution is 2.27. The molecular weight excluding hydrogens is 164 g/mol. The molecule has 1 fully saturated rings. The van der Waals surface area contributed by atoms with Crippen molar-refractivity contribution in [3.8, 4) is 5.75 Å². The molecule has 2 rings (SSSR count). The van der Waals surface area contributed by atoms with Crippen LogP contribution in [-0.4, -0.2) is 19.8 Å². The number of epoxide rings is 1. The third-order valence-corrected chi connectivity index (χ3v) is 2.18. The molecule has 0 spiro atoms. The summed E-state index contributed by atoms with van der Waals surface area (Å²) >= 11 is 0. The fourth-order valence-electron chi connectivity index (χ4n) is 1.24. The molecule has 0 radical (unpaired) electrons. The molecule has 0 aliphatic carbocycles. The van der Waals surface area contributed by atoms with Gasteiger partial charge < -0.3 is 9.47 Å². The number of methoxy groups -OCH3 is 1. The number of rotatable bonds is 3. The standard InChI is InChI=1S/C11H12O2/c1-8(11-7-13-11)9-3-5-10(12-2)6-4-9/h3-6,11H,1,7H2,2H3. The van der Waals surface area contributed by atoms with E-state index in [-0.39, 0.29) is 6.10 Å². The van der Waals surface area contributed by atoms with Crippen molar-refractivity contribution in [2.45, 2.75) is 6.10 Å². The zero-order valence-electron chi connectivity index (χ0n) is 7.62. The number of ether oxygens (including phenoxy) is 2. The van der Waals surface area contributed by atoms with Gasteiger partial charge in [0.15, 0.2) is 0 Å². The lowest BCUT2D eigenvalue weighted by molar-refractivity contribution is 0.414. The maximum atomic E-state index is 5.15. The monoisotopic (exact) mass is 176 g/mol. The predicted molar refractivity (Wildman–Crippen MR) is 51.8 cm³/mol. The van der Waals surface area contributed by atoms with Crippen LogP contribution in [0.2, 0.25) is 0 Å². The summed E-state index contributed by atoms with van der Waals surface area (Å²) in [7, 11) is 1.66. The van der Waals surface area contributed by atoms with Crippen LogP contribution in [0.25, 0.3) is 5.57 Å². The molecule has 1 saturated heterocycles. The Labute approximate surface area is 77.8 Å². The van der Waals surface area contributed by atoms with E-state index in [4.69, 9.17) is 9.47 Å². The predicted octanol–water partition coefficient (Wildman–Crippen LogP) is 2.11. The van der Waals surface area contributed by atoms with Crippen LogP contribution in [0.15, 0.2) is 30.8 Å². The Hall–Kier alpha value is -1.28. The van der Waals surface area contributed by atoms with Crippen molar-refractivity contribution in [3.05, 3.63) is 36.4 Å². The lowest BCUT2D eigenvalue weighted by Crippen LogP contribution is -1.90. The van der Waals surface area contributed by atoms with Gasteiger partial charge in [0.05, 0.1) is 13.7 Å². The minimum Gasteiger partial charge on any atom is -0.497 e. The highest BCUT2D eigenvalue weighted by atomic mass is 16.6. The van der Waals surface area contributed by atoms with E-state index in [1.165, 1.54) is 0 Å². The van der Waals surface area contributed by atoms with Gasteiger partial charge >= 0.3 is 0 Å². The van der Waals surface area contributed by atoms with E-state index in [0.29, 0.717) is 0 Å². The van der Waals surface area contributed by atoms with Crippen molar-refractivity contribution in [2.75, 3.05) is 13.7 Å². The van der Waals surface area contributed by atoms with Crippen molar-refractivity contribution >= 4 is 5.57 Å². The van der Waals surface area contributed by atoms with Crippen molar-refractivity contribution in [3.63, 3.8) is 0 Å². The van der Waals surface area contributed by atoms with E-state index in [1.54, 1.807) is 7.11 Å². The van der Waals surface area contributed by atoms with Gasteiger partial charge in [-0.15, -0.1) is 0 Å². The largest absolute Gasteiger partial charge is 0.497 e. The molecule has 1 aliphatic rings. The fourth-order valence-corrected chi connectivity index (χ4v) is 1.24. The molecule has 1 heterocycles. The van der Waals surface area contributed by atoms with E-state index in [1.807, 2.05) is 24.3 Å². The van der Waals surface area contributed by atoms with Gasteiger partial charge in [-0.1, -0.05) is 18.7 Å². The van der Waals surface area contributed by atoms with E-state index in [0.717, 1.165) is 23.5 Å². The van der Waals surface area contributed by atoms with E-state index < -0.39 is 0 Å². The summed E-state index contributed by atoms with van der Waals surface area (Å²) in [6, 6.07) is 7.87. The molecule has 2 nitrogen and oxygen atoms in total. The normalized spacial score (nSPS) is 19.6. The molecule has 68 valence electrons. The fraction of sp³-hybridized carbons (Fsp3) is 0.273. The molecule has 2 heteroatoms. The minimum absolute atomic E-state index is 0.244. The second-order valence-electron chi connectivity index (χ2n) is 3.08. The van der Waals surface area contributed by atoms with Gasteiger partial charge in [0.25, 0.3) is 0 Å². The smallest absolute Gasteiger partial charge is 0.118 e. The van der Waals surface area contributed by atoms with Gasteiger partial charge in [0.1, 0.15) is 11.9 Å². The lowest BCUT2D eigenvalue weighted by Gasteiger charge is -2.03. The Morgan fingerprint density at radius 1 is 1.46 bits per heavy atom. The highest BCUT2D eigenvalue weighted by molar-refractivity contribution is 5.68. The van der Waals surface area contributed by atoms with Crippen molar-refractivity contribution in [1.82, 2.24) is 0 Å². The molecule has 1 atom stereocenters. The van der Waals surface area contributed by atoms with Crippen LogP contribution in [0.4, 0.5) is 0 Å². The van der Waals surface area contributed by atoms with Gasteiger partial charge in [0.2, 0.25) is 0 Å². The van der Waals surface area contributed by atoms with Gasteiger partial charge in [-0.05, 0) is 23.3 Å². The molecule has 0 N–H and O–H groups in total. The Balaban J connectivity index is 2.16. The van der Waals surface area contributed by atoms with Gasteiger partial charge in [0, 0.05) is 0 Å². The SMILES string of the molecule is C=C(c1ccc(OC)cc1)C1CO1. The molecule has 1 unspecified atom stereocenters. The van der Waals surface area contributed by atoms with Crippen LogP contribution in [0.5, 0.6) is 5.75 Å². The third kappa shape index (κ3) is 1.73. The zero-order valence-corrected chi connectivity index (χ0v) is 7.62. The molecule has 1 aromatic rings. The average Bonchev–Trinajstić information content (AvgIpc) is 3.00. The summed E-state index contributed by atoms with van der Waals surface area (Å²) in [5.74, 6) is 0.869. The Morgan fingerprint density at radius 3 is 2.54 bits per heavy atom. The first-order valence-electron chi connectivity index (χ1n) is 4.26. The molecule has 1 aliphatic heterocycles. The van der Waals surface area contributed by atoms with Crippen LogP contribution in [0, 0.1) is 0 Å². The first-order chi connectivity index (χ1) is 6.31. The highest BCUT2D eigenvalue weighted by Gasteiger charge is 2.26. The summed E-state index contributed by atoms with van der Waals surface area (Å²) in [4.78, 5) is 0. The molecule has 0 aromatic heterocycles. The first-order valence-corrected chi connectivity index (χ1v) is 4.26. The Bertz CT molecular complexity index is 309. The van der Waals surface area contributed by atoms with Crippen molar-refractivity contribution in [1.29, 1.82) is 0 Å². The second kappa shape index (κ2) is 3.23. The summed E-state index contributed by atoms with van der Waals surface area (Å²) < 4.78 is 10.2. The summed E-state index contributed by atoms with van der Waals surface area (Å²) in [5.41, 5.74) is 2.19. The topological polar surface area (TPSA) is 21.8 Å². The van der Waals surface area contributed by atoms with Crippen LogP contribution in [-0.2, 0) is 4.74 Å². The molecule has 0 bridgehead atoms. The van der Waals surface area contributed by atoms with Crippen LogP contribution in [0.1, 0.15) is 5.56 Å².